The van der Waals surface area contributed by atoms with Gasteiger partial charge in [0.1, 0.15) is 11.5 Å². The lowest BCUT2D eigenvalue weighted by atomic mass is 10.2. The standard InChI is InChI=1S/C23H32N4O3/c1-4-24-23(26-17-19-7-10-21(28-2)15-22(19)29-3)25-16-18-5-8-20(9-6-18)27-11-13-30-14-12-27/h5-10,15H,4,11-14,16-17H2,1-3H3,(H2,24,25,26). The van der Waals surface area contributed by atoms with Gasteiger partial charge in [0.15, 0.2) is 5.96 Å². The SMILES string of the molecule is CCNC(=NCc1ccc(N2CCOCC2)cc1)NCc1ccc(OC)cc1OC. The highest BCUT2D eigenvalue weighted by molar-refractivity contribution is 5.79. The molecule has 7 nitrogen and oxygen atoms in total. The fraction of sp³-hybridized carbons (Fsp3) is 0.435. The van der Waals surface area contributed by atoms with Gasteiger partial charge in [-0.2, -0.15) is 0 Å². The Bertz CT molecular complexity index is 818. The number of nitrogens with zero attached hydrogens (tertiary/aromatic N) is 2. The minimum absolute atomic E-state index is 0.606. The number of hydrogen-bond donors (Lipinski definition) is 2. The maximum Gasteiger partial charge on any atom is 0.191 e. The summed E-state index contributed by atoms with van der Waals surface area (Å²) in [4.78, 5) is 7.08. The lowest BCUT2D eigenvalue weighted by Crippen LogP contribution is -2.36. The molecule has 0 unspecified atom stereocenters. The number of hydrogen-bond acceptors (Lipinski definition) is 5. The van der Waals surface area contributed by atoms with Crippen molar-refractivity contribution in [3.63, 3.8) is 0 Å². The number of guanidine groups is 1. The zero-order chi connectivity index (χ0) is 21.2. The van der Waals surface area contributed by atoms with E-state index in [1.54, 1.807) is 14.2 Å². The van der Waals surface area contributed by atoms with E-state index < -0.39 is 0 Å². The van der Waals surface area contributed by atoms with E-state index >= 15 is 0 Å². The number of ether oxygens (including phenoxy) is 3. The third-order valence-electron chi connectivity index (χ3n) is 5.02. The van der Waals surface area contributed by atoms with E-state index in [1.165, 1.54) is 11.3 Å². The Labute approximate surface area is 179 Å². The van der Waals surface area contributed by atoms with Crippen molar-refractivity contribution >= 4 is 11.6 Å². The molecule has 2 aromatic carbocycles. The van der Waals surface area contributed by atoms with Crippen LogP contribution in [0.4, 0.5) is 5.69 Å². The first-order valence-electron chi connectivity index (χ1n) is 10.4. The molecule has 1 aliphatic heterocycles. The summed E-state index contributed by atoms with van der Waals surface area (Å²) in [6, 6.07) is 14.4. The van der Waals surface area contributed by atoms with Gasteiger partial charge in [-0.25, -0.2) is 4.99 Å². The summed E-state index contributed by atoms with van der Waals surface area (Å²) in [5, 5.41) is 6.68. The fourth-order valence-electron chi connectivity index (χ4n) is 3.32. The molecule has 0 bridgehead atoms. The first-order chi connectivity index (χ1) is 14.7. The molecule has 1 heterocycles. The van der Waals surface area contributed by atoms with Crippen LogP contribution in [0.1, 0.15) is 18.1 Å². The van der Waals surface area contributed by atoms with Crippen LogP contribution in [0.15, 0.2) is 47.5 Å². The van der Waals surface area contributed by atoms with Gasteiger partial charge in [-0.3, -0.25) is 0 Å². The lowest BCUT2D eigenvalue weighted by Gasteiger charge is -2.28. The van der Waals surface area contributed by atoms with Gasteiger partial charge in [0.25, 0.3) is 0 Å². The van der Waals surface area contributed by atoms with Crippen molar-refractivity contribution in [2.24, 2.45) is 4.99 Å². The smallest absolute Gasteiger partial charge is 0.191 e. The van der Waals surface area contributed by atoms with Gasteiger partial charge < -0.3 is 29.7 Å². The van der Waals surface area contributed by atoms with Crippen molar-refractivity contribution in [3.8, 4) is 11.5 Å². The van der Waals surface area contributed by atoms with E-state index in [2.05, 4.69) is 46.7 Å². The second-order valence-corrected chi connectivity index (χ2v) is 6.99. The molecule has 1 fully saturated rings. The zero-order valence-electron chi connectivity index (χ0n) is 18.1. The molecular weight excluding hydrogens is 380 g/mol. The molecule has 0 aliphatic carbocycles. The van der Waals surface area contributed by atoms with Crippen LogP contribution in [0, 0.1) is 0 Å². The summed E-state index contributed by atoms with van der Waals surface area (Å²) >= 11 is 0. The number of benzene rings is 2. The number of anilines is 1. The summed E-state index contributed by atoms with van der Waals surface area (Å²) in [6.07, 6.45) is 0. The van der Waals surface area contributed by atoms with Gasteiger partial charge in [-0.1, -0.05) is 12.1 Å². The van der Waals surface area contributed by atoms with E-state index in [9.17, 15) is 0 Å². The van der Waals surface area contributed by atoms with Crippen LogP contribution in [0.3, 0.4) is 0 Å². The average Bonchev–Trinajstić information content (AvgIpc) is 2.81. The molecule has 0 spiro atoms. The number of rotatable bonds is 8. The molecule has 1 saturated heterocycles. The molecule has 0 radical (unpaired) electrons. The summed E-state index contributed by atoms with van der Waals surface area (Å²) in [5.41, 5.74) is 3.45. The third kappa shape index (κ3) is 6.03. The average molecular weight is 413 g/mol. The second-order valence-electron chi connectivity index (χ2n) is 6.99. The summed E-state index contributed by atoms with van der Waals surface area (Å²) < 4.78 is 16.2. The molecule has 0 atom stereocenters. The number of morpholine rings is 1. The molecule has 0 amide bonds. The highest BCUT2D eigenvalue weighted by Crippen LogP contribution is 2.24. The summed E-state index contributed by atoms with van der Waals surface area (Å²) in [5.74, 6) is 2.33. The van der Waals surface area contributed by atoms with Crippen LogP contribution in [0.2, 0.25) is 0 Å². The van der Waals surface area contributed by atoms with Crippen molar-refractivity contribution in [3.05, 3.63) is 53.6 Å². The molecule has 162 valence electrons. The highest BCUT2D eigenvalue weighted by atomic mass is 16.5. The minimum Gasteiger partial charge on any atom is -0.497 e. The van der Waals surface area contributed by atoms with Crippen LogP contribution in [-0.2, 0) is 17.8 Å². The van der Waals surface area contributed by atoms with E-state index in [1.807, 2.05) is 18.2 Å². The first-order valence-corrected chi connectivity index (χ1v) is 10.4. The Morgan fingerprint density at radius 1 is 1.03 bits per heavy atom. The largest absolute Gasteiger partial charge is 0.497 e. The van der Waals surface area contributed by atoms with E-state index in [4.69, 9.17) is 19.2 Å². The molecular formula is C23H32N4O3. The molecule has 7 heteroatoms. The molecule has 1 aliphatic rings. The van der Waals surface area contributed by atoms with Gasteiger partial charge in [-0.15, -0.1) is 0 Å². The van der Waals surface area contributed by atoms with E-state index in [0.29, 0.717) is 13.1 Å². The van der Waals surface area contributed by atoms with Crippen molar-refractivity contribution in [2.75, 3.05) is 52.0 Å². The zero-order valence-corrected chi connectivity index (χ0v) is 18.1. The number of nitrogens with one attached hydrogen (secondary N) is 2. The monoisotopic (exact) mass is 412 g/mol. The van der Waals surface area contributed by atoms with Gasteiger partial charge >= 0.3 is 0 Å². The summed E-state index contributed by atoms with van der Waals surface area (Å²) in [7, 11) is 3.31. The maximum atomic E-state index is 5.48. The van der Waals surface area contributed by atoms with Gasteiger partial charge in [0.05, 0.1) is 34.0 Å². The Hall–Kier alpha value is -2.93. The fourth-order valence-corrected chi connectivity index (χ4v) is 3.32. The van der Waals surface area contributed by atoms with Gasteiger partial charge in [0.2, 0.25) is 0 Å². The Morgan fingerprint density at radius 3 is 2.47 bits per heavy atom. The van der Waals surface area contributed by atoms with Crippen molar-refractivity contribution in [2.45, 2.75) is 20.0 Å². The molecule has 2 N–H and O–H groups in total. The van der Waals surface area contributed by atoms with Crippen LogP contribution in [-0.4, -0.2) is 53.0 Å². The van der Waals surface area contributed by atoms with Crippen LogP contribution < -0.4 is 25.0 Å². The Morgan fingerprint density at radius 2 is 1.80 bits per heavy atom. The lowest BCUT2D eigenvalue weighted by molar-refractivity contribution is 0.122. The summed E-state index contributed by atoms with van der Waals surface area (Å²) in [6.45, 7) is 7.55. The molecule has 2 aromatic rings. The number of aliphatic imine (C=N–C) groups is 1. The maximum absolute atomic E-state index is 5.48. The molecule has 3 rings (SSSR count). The third-order valence-corrected chi connectivity index (χ3v) is 5.02. The van der Waals surface area contributed by atoms with Crippen molar-refractivity contribution in [1.29, 1.82) is 0 Å². The quantitative estimate of drug-likeness (QED) is 0.513. The Balaban J connectivity index is 1.60. The van der Waals surface area contributed by atoms with Crippen LogP contribution >= 0.6 is 0 Å². The van der Waals surface area contributed by atoms with Crippen LogP contribution in [0.5, 0.6) is 11.5 Å². The van der Waals surface area contributed by atoms with Crippen molar-refractivity contribution < 1.29 is 14.2 Å². The predicted octanol–water partition coefficient (Wildman–Crippen LogP) is 2.80. The second kappa shape index (κ2) is 11.3. The number of methoxy groups -OCH3 is 2. The van der Waals surface area contributed by atoms with Gasteiger partial charge in [0, 0.05) is 43.5 Å². The normalized spacial score (nSPS) is 14.4. The molecule has 30 heavy (non-hydrogen) atoms. The molecule has 0 aromatic heterocycles. The van der Waals surface area contributed by atoms with E-state index in [-0.39, 0.29) is 0 Å². The topological polar surface area (TPSA) is 67.4 Å². The molecule has 0 saturated carbocycles. The highest BCUT2D eigenvalue weighted by Gasteiger charge is 2.11. The van der Waals surface area contributed by atoms with Crippen molar-refractivity contribution in [1.82, 2.24) is 10.6 Å². The minimum atomic E-state index is 0.606. The van der Waals surface area contributed by atoms with Gasteiger partial charge in [-0.05, 0) is 36.8 Å². The van der Waals surface area contributed by atoms with E-state index in [0.717, 1.165) is 55.9 Å². The first kappa shape index (κ1) is 21.8. The van der Waals surface area contributed by atoms with Crippen LogP contribution in [0.25, 0.3) is 0 Å². The predicted molar refractivity (Wildman–Crippen MR) is 121 cm³/mol. The Kier molecular flexibility index (Phi) is 8.20.